The van der Waals surface area contributed by atoms with E-state index in [9.17, 15) is 0 Å². The Balaban J connectivity index is 2.18. The zero-order valence-electron chi connectivity index (χ0n) is 9.29. The predicted octanol–water partition coefficient (Wildman–Crippen LogP) is 4.77. The van der Waals surface area contributed by atoms with Gasteiger partial charge in [0.2, 0.25) is 0 Å². The summed E-state index contributed by atoms with van der Waals surface area (Å²) in [4.78, 5) is 0. The Labute approximate surface area is 96.1 Å². The minimum atomic E-state index is 1.12. The molecule has 0 fully saturated rings. The van der Waals surface area contributed by atoms with Gasteiger partial charge >= 0.3 is 0 Å². The van der Waals surface area contributed by atoms with E-state index in [-0.39, 0.29) is 0 Å². The zero-order valence-corrected chi connectivity index (χ0v) is 10.1. The first kappa shape index (κ1) is 10.6. The van der Waals surface area contributed by atoms with Crippen molar-refractivity contribution in [2.24, 2.45) is 0 Å². The molecule has 0 radical (unpaired) electrons. The molecule has 0 saturated heterocycles. The molecule has 0 spiro atoms. The van der Waals surface area contributed by atoms with Gasteiger partial charge in [0, 0.05) is 0 Å². The summed E-state index contributed by atoms with van der Waals surface area (Å²) >= 11 is 1.81. The van der Waals surface area contributed by atoms with Gasteiger partial charge in [-0.1, -0.05) is 42.3 Å². The minimum Gasteiger partial charge on any atom is -0.106 e. The van der Waals surface area contributed by atoms with E-state index in [2.05, 4.69) is 48.9 Å². The maximum absolute atomic E-state index is 2.28. The van der Waals surface area contributed by atoms with Crippen LogP contribution < -0.4 is 0 Å². The standard InChI is InChI=1S/C14H16S/c1-3-12-8-14(10-15-9-12)13-6-4-11(2)5-7-13/h4-7,9-10H,3,8H2,1-2H3. The second-order valence-electron chi connectivity index (χ2n) is 3.95. The van der Waals surface area contributed by atoms with Gasteiger partial charge in [-0.2, -0.15) is 0 Å². The van der Waals surface area contributed by atoms with Crippen molar-refractivity contribution < 1.29 is 0 Å². The molecule has 0 nitrogen and oxygen atoms in total. The predicted molar refractivity (Wildman–Crippen MR) is 69.7 cm³/mol. The Morgan fingerprint density at radius 2 is 1.87 bits per heavy atom. The van der Waals surface area contributed by atoms with Crippen LogP contribution in [0.25, 0.3) is 5.57 Å². The number of benzene rings is 1. The summed E-state index contributed by atoms with van der Waals surface area (Å²) in [6.07, 6.45) is 2.28. The third-order valence-corrected chi connectivity index (χ3v) is 3.63. The molecule has 2 rings (SSSR count). The number of thioether (sulfide) groups is 1. The monoisotopic (exact) mass is 216 g/mol. The molecule has 15 heavy (non-hydrogen) atoms. The third kappa shape index (κ3) is 2.54. The summed E-state index contributed by atoms with van der Waals surface area (Å²) in [6, 6.07) is 8.82. The maximum atomic E-state index is 2.28. The van der Waals surface area contributed by atoms with Gasteiger partial charge in [0.15, 0.2) is 0 Å². The van der Waals surface area contributed by atoms with Crippen molar-refractivity contribution in [3.05, 3.63) is 51.8 Å². The van der Waals surface area contributed by atoms with Crippen molar-refractivity contribution in [2.45, 2.75) is 26.7 Å². The van der Waals surface area contributed by atoms with Crippen LogP contribution in [0, 0.1) is 6.92 Å². The van der Waals surface area contributed by atoms with Crippen molar-refractivity contribution in [1.29, 1.82) is 0 Å². The van der Waals surface area contributed by atoms with Crippen LogP contribution in [-0.4, -0.2) is 0 Å². The molecule has 0 unspecified atom stereocenters. The van der Waals surface area contributed by atoms with Crippen LogP contribution >= 0.6 is 11.8 Å². The Morgan fingerprint density at radius 3 is 2.53 bits per heavy atom. The van der Waals surface area contributed by atoms with Crippen LogP contribution in [0.4, 0.5) is 0 Å². The van der Waals surface area contributed by atoms with E-state index in [1.54, 1.807) is 0 Å². The van der Waals surface area contributed by atoms with E-state index < -0.39 is 0 Å². The fourth-order valence-corrected chi connectivity index (χ4v) is 2.58. The van der Waals surface area contributed by atoms with E-state index in [0.29, 0.717) is 0 Å². The van der Waals surface area contributed by atoms with E-state index in [4.69, 9.17) is 0 Å². The van der Waals surface area contributed by atoms with Crippen molar-refractivity contribution in [3.8, 4) is 0 Å². The Morgan fingerprint density at radius 1 is 1.13 bits per heavy atom. The molecule has 0 saturated carbocycles. The first-order chi connectivity index (χ1) is 7.29. The van der Waals surface area contributed by atoms with Gasteiger partial charge in [0.25, 0.3) is 0 Å². The van der Waals surface area contributed by atoms with Crippen molar-refractivity contribution in [3.63, 3.8) is 0 Å². The minimum absolute atomic E-state index is 1.12. The largest absolute Gasteiger partial charge is 0.106 e. The molecule has 1 heteroatoms. The Hall–Kier alpha value is -0.950. The van der Waals surface area contributed by atoms with E-state index >= 15 is 0 Å². The molecule has 0 atom stereocenters. The number of hydrogen-bond acceptors (Lipinski definition) is 1. The van der Waals surface area contributed by atoms with Gasteiger partial charge in [-0.3, -0.25) is 0 Å². The first-order valence-electron chi connectivity index (χ1n) is 5.39. The second kappa shape index (κ2) is 4.71. The van der Waals surface area contributed by atoms with Crippen molar-refractivity contribution in [2.75, 3.05) is 0 Å². The molecule has 0 aliphatic carbocycles. The maximum Gasteiger partial charge on any atom is -0.00478 e. The summed E-state index contributed by atoms with van der Waals surface area (Å²) < 4.78 is 0. The summed E-state index contributed by atoms with van der Waals surface area (Å²) in [6.45, 7) is 4.36. The first-order valence-corrected chi connectivity index (χ1v) is 6.33. The highest BCUT2D eigenvalue weighted by atomic mass is 32.2. The van der Waals surface area contributed by atoms with Gasteiger partial charge in [-0.15, -0.1) is 11.8 Å². The molecule has 1 aliphatic heterocycles. The van der Waals surface area contributed by atoms with Crippen LogP contribution in [0.1, 0.15) is 30.9 Å². The molecule has 0 amide bonds. The molecular formula is C14H16S. The molecule has 1 aromatic carbocycles. The Bertz CT molecular complexity index is 396. The molecule has 1 aromatic rings. The lowest BCUT2D eigenvalue weighted by atomic mass is 9.98. The zero-order chi connectivity index (χ0) is 10.7. The highest BCUT2D eigenvalue weighted by Gasteiger charge is 2.07. The number of allylic oxidation sites excluding steroid dienone is 2. The van der Waals surface area contributed by atoms with E-state index in [0.717, 1.165) is 12.8 Å². The molecule has 0 aromatic heterocycles. The molecule has 0 bridgehead atoms. The van der Waals surface area contributed by atoms with Gasteiger partial charge in [-0.05, 0) is 41.7 Å². The van der Waals surface area contributed by atoms with Crippen LogP contribution in [0.2, 0.25) is 0 Å². The van der Waals surface area contributed by atoms with Gasteiger partial charge in [0.1, 0.15) is 0 Å². The fraction of sp³-hybridized carbons (Fsp3) is 0.286. The van der Waals surface area contributed by atoms with Crippen molar-refractivity contribution >= 4 is 17.3 Å². The molecule has 78 valence electrons. The van der Waals surface area contributed by atoms with Crippen LogP contribution in [0.15, 0.2) is 40.7 Å². The quantitative estimate of drug-likeness (QED) is 0.686. The number of aryl methyl sites for hydroxylation is 1. The van der Waals surface area contributed by atoms with Crippen LogP contribution in [-0.2, 0) is 0 Å². The lowest BCUT2D eigenvalue weighted by Crippen LogP contribution is -1.91. The lowest BCUT2D eigenvalue weighted by molar-refractivity contribution is 1.04. The molecule has 0 N–H and O–H groups in total. The Kier molecular flexibility index (Phi) is 3.32. The summed E-state index contributed by atoms with van der Waals surface area (Å²) in [5.41, 5.74) is 5.69. The smallest absolute Gasteiger partial charge is 0.00478 e. The second-order valence-corrected chi connectivity index (χ2v) is 4.70. The number of hydrogen-bond donors (Lipinski definition) is 0. The fourth-order valence-electron chi connectivity index (χ4n) is 1.69. The SMILES string of the molecule is CCC1=CSC=C(c2ccc(C)cc2)C1. The average Bonchev–Trinajstić information content (AvgIpc) is 2.30. The van der Waals surface area contributed by atoms with E-state index in [1.807, 2.05) is 11.8 Å². The summed E-state index contributed by atoms with van der Waals surface area (Å²) in [5.74, 6) is 0. The highest BCUT2D eigenvalue weighted by molar-refractivity contribution is 8.05. The number of rotatable bonds is 2. The topological polar surface area (TPSA) is 0 Å². The van der Waals surface area contributed by atoms with Crippen LogP contribution in [0.3, 0.4) is 0 Å². The molecule has 1 heterocycles. The van der Waals surface area contributed by atoms with E-state index in [1.165, 1.54) is 22.3 Å². The highest BCUT2D eigenvalue weighted by Crippen LogP contribution is 2.32. The van der Waals surface area contributed by atoms with Gasteiger partial charge < -0.3 is 0 Å². The van der Waals surface area contributed by atoms with Crippen LogP contribution in [0.5, 0.6) is 0 Å². The molecule has 1 aliphatic rings. The van der Waals surface area contributed by atoms with Crippen molar-refractivity contribution in [1.82, 2.24) is 0 Å². The van der Waals surface area contributed by atoms with Gasteiger partial charge in [-0.25, -0.2) is 0 Å². The molecular weight excluding hydrogens is 200 g/mol. The third-order valence-electron chi connectivity index (χ3n) is 2.74. The lowest BCUT2D eigenvalue weighted by Gasteiger charge is -2.14. The average molecular weight is 216 g/mol. The summed E-state index contributed by atoms with van der Waals surface area (Å²) in [7, 11) is 0. The summed E-state index contributed by atoms with van der Waals surface area (Å²) in [5, 5.41) is 4.54. The van der Waals surface area contributed by atoms with Gasteiger partial charge in [0.05, 0.1) is 0 Å². The normalized spacial score (nSPS) is 15.9.